The quantitative estimate of drug-likeness (QED) is 0.559. The Morgan fingerprint density at radius 3 is 2.61 bits per heavy atom. The summed E-state index contributed by atoms with van der Waals surface area (Å²) in [5.41, 5.74) is -0.525. The highest BCUT2D eigenvalue weighted by Gasteiger charge is 2.46. The summed E-state index contributed by atoms with van der Waals surface area (Å²) in [5.74, 6) is -0.251. The average Bonchev–Trinajstić information content (AvgIpc) is 2.58. The monoisotopic (exact) mass is 423 g/mol. The molecule has 0 amide bonds. The van der Waals surface area contributed by atoms with E-state index in [1.165, 1.54) is 25.3 Å². The summed E-state index contributed by atoms with van der Waals surface area (Å²) in [5, 5.41) is 0. The van der Waals surface area contributed by atoms with E-state index in [0.717, 1.165) is 0 Å². The van der Waals surface area contributed by atoms with Crippen molar-refractivity contribution < 1.29 is 36.7 Å². The number of carbonyl (C=O) groups is 1. The van der Waals surface area contributed by atoms with Crippen molar-refractivity contribution in [2.45, 2.75) is 50.1 Å². The van der Waals surface area contributed by atoms with Gasteiger partial charge in [-0.3, -0.25) is 4.79 Å². The summed E-state index contributed by atoms with van der Waals surface area (Å²) in [4.78, 5) is 12.1. The summed E-state index contributed by atoms with van der Waals surface area (Å²) in [7, 11) is 1.26. The minimum atomic E-state index is -4.46. The van der Waals surface area contributed by atoms with Crippen molar-refractivity contribution in [3.8, 4) is 11.5 Å². The fourth-order valence-electron chi connectivity index (χ4n) is 2.72. The van der Waals surface area contributed by atoms with Gasteiger partial charge in [-0.05, 0) is 32.9 Å². The van der Waals surface area contributed by atoms with E-state index >= 15 is 0 Å². The van der Waals surface area contributed by atoms with Gasteiger partial charge in [0.2, 0.25) is 0 Å². The zero-order valence-electron chi connectivity index (χ0n) is 16.1. The van der Waals surface area contributed by atoms with E-state index in [4.69, 9.17) is 14.2 Å². The third kappa shape index (κ3) is 5.68. The molecular formula is C18H24F3NO5S. The number of esters is 1. The van der Waals surface area contributed by atoms with Crippen LogP contribution in [-0.4, -0.2) is 41.8 Å². The van der Waals surface area contributed by atoms with Crippen LogP contribution in [0, 0.1) is 0 Å². The number of hydrogen-bond acceptors (Lipinski definition) is 6. The minimum Gasteiger partial charge on any atom is -0.598 e. The summed E-state index contributed by atoms with van der Waals surface area (Å²) < 4.78 is 67.5. The molecule has 0 saturated heterocycles. The summed E-state index contributed by atoms with van der Waals surface area (Å²) in [6, 6.07) is 4.23. The highest BCUT2D eigenvalue weighted by Crippen LogP contribution is 2.42. The number of methoxy groups -OCH3 is 1. The zero-order valence-corrected chi connectivity index (χ0v) is 17.0. The molecule has 0 radical (unpaired) electrons. The molecule has 0 fully saturated rings. The van der Waals surface area contributed by atoms with Crippen LogP contribution >= 0.6 is 0 Å². The molecule has 0 aliphatic carbocycles. The molecule has 1 aromatic carbocycles. The first-order chi connectivity index (χ1) is 12.9. The lowest BCUT2D eigenvalue weighted by molar-refractivity contribution is -0.153. The van der Waals surface area contributed by atoms with Gasteiger partial charge in [-0.1, -0.05) is 0 Å². The second kappa shape index (κ2) is 8.38. The standard InChI is InChI=1S/C18H24F3NO5S/c1-16(2,3)28(24)22-17(10-15(23)25-4)7-8-26-14-9-12(5-6-13(14)17)27-11-18(19,20)21/h5-6,9,22H,7-8,10-11H2,1-4H3/t17-,28?/m0/s1. The van der Waals surface area contributed by atoms with Gasteiger partial charge in [-0.2, -0.15) is 13.2 Å². The first-order valence-electron chi connectivity index (χ1n) is 8.60. The molecule has 28 heavy (non-hydrogen) atoms. The molecule has 158 valence electrons. The number of benzene rings is 1. The number of hydrogen-bond donors (Lipinski definition) is 1. The van der Waals surface area contributed by atoms with Gasteiger partial charge in [-0.15, -0.1) is 4.72 Å². The summed E-state index contributed by atoms with van der Waals surface area (Å²) >= 11 is -1.51. The first kappa shape index (κ1) is 22.6. The SMILES string of the molecule is COC(=O)C[C@@]1(N[S+]([O-])C(C)(C)C)CCOc2cc(OCC(F)(F)F)ccc21. The van der Waals surface area contributed by atoms with Gasteiger partial charge in [0.25, 0.3) is 0 Å². The van der Waals surface area contributed by atoms with Crippen molar-refractivity contribution in [2.24, 2.45) is 0 Å². The lowest BCUT2D eigenvalue weighted by Crippen LogP contribution is -2.54. The maximum atomic E-state index is 12.8. The number of nitrogens with one attached hydrogen (secondary N) is 1. The van der Waals surface area contributed by atoms with Crippen LogP contribution in [0.1, 0.15) is 39.2 Å². The van der Waals surface area contributed by atoms with Crippen LogP contribution < -0.4 is 14.2 Å². The Balaban J connectivity index is 2.38. The van der Waals surface area contributed by atoms with Crippen molar-refractivity contribution >= 4 is 17.3 Å². The highest BCUT2D eigenvalue weighted by atomic mass is 32.2. The fraction of sp³-hybridized carbons (Fsp3) is 0.611. The Labute approximate surface area is 165 Å². The van der Waals surface area contributed by atoms with Crippen molar-refractivity contribution in [2.75, 3.05) is 20.3 Å². The number of carbonyl (C=O) groups excluding carboxylic acids is 1. The van der Waals surface area contributed by atoms with E-state index in [1.807, 2.05) is 0 Å². The largest absolute Gasteiger partial charge is 0.598 e. The molecule has 0 saturated carbocycles. The van der Waals surface area contributed by atoms with E-state index in [0.29, 0.717) is 12.0 Å². The number of ether oxygens (including phenoxy) is 3. The van der Waals surface area contributed by atoms with E-state index in [2.05, 4.69) is 4.72 Å². The van der Waals surface area contributed by atoms with E-state index in [-0.39, 0.29) is 24.5 Å². The summed E-state index contributed by atoms with van der Waals surface area (Å²) in [6.07, 6.45) is -4.24. The Kier molecular flexibility index (Phi) is 6.78. The van der Waals surface area contributed by atoms with Crippen LogP contribution in [0.15, 0.2) is 18.2 Å². The molecule has 6 nitrogen and oxygen atoms in total. The van der Waals surface area contributed by atoms with Gasteiger partial charge in [0, 0.05) is 29.4 Å². The van der Waals surface area contributed by atoms with Crippen molar-refractivity contribution in [3.05, 3.63) is 23.8 Å². The van der Waals surface area contributed by atoms with Crippen LogP contribution in [0.4, 0.5) is 13.2 Å². The van der Waals surface area contributed by atoms with Crippen molar-refractivity contribution in [1.29, 1.82) is 0 Å². The molecule has 0 bridgehead atoms. The lowest BCUT2D eigenvalue weighted by Gasteiger charge is -2.40. The molecular weight excluding hydrogens is 399 g/mol. The third-order valence-electron chi connectivity index (χ3n) is 4.18. The van der Waals surface area contributed by atoms with Crippen LogP contribution in [0.3, 0.4) is 0 Å². The second-order valence-electron chi connectivity index (χ2n) is 7.48. The van der Waals surface area contributed by atoms with Gasteiger partial charge in [0.1, 0.15) is 21.8 Å². The van der Waals surface area contributed by atoms with Crippen LogP contribution in [-0.2, 0) is 26.4 Å². The molecule has 0 aromatic heterocycles. The zero-order chi connectivity index (χ0) is 21.2. The number of fused-ring (bicyclic) bond motifs is 1. The van der Waals surface area contributed by atoms with Gasteiger partial charge in [0.05, 0.1) is 20.1 Å². The fourth-order valence-corrected chi connectivity index (χ4v) is 3.66. The second-order valence-corrected chi connectivity index (χ2v) is 9.44. The maximum Gasteiger partial charge on any atom is 0.422 e. The van der Waals surface area contributed by atoms with Crippen LogP contribution in [0.2, 0.25) is 0 Å². The number of halogens is 3. The van der Waals surface area contributed by atoms with E-state index < -0.39 is 40.4 Å². The molecule has 1 aliphatic heterocycles. The summed E-state index contributed by atoms with van der Waals surface area (Å²) in [6.45, 7) is 4.12. The molecule has 2 rings (SSSR count). The van der Waals surface area contributed by atoms with Gasteiger partial charge in [0.15, 0.2) is 6.61 Å². The highest BCUT2D eigenvalue weighted by molar-refractivity contribution is 7.90. The molecule has 1 aliphatic rings. The van der Waals surface area contributed by atoms with E-state index in [1.54, 1.807) is 20.8 Å². The van der Waals surface area contributed by atoms with Crippen LogP contribution in [0.25, 0.3) is 0 Å². The van der Waals surface area contributed by atoms with Crippen LogP contribution in [0.5, 0.6) is 11.5 Å². The minimum absolute atomic E-state index is 0.0121. The molecule has 10 heteroatoms. The smallest absolute Gasteiger partial charge is 0.422 e. The van der Waals surface area contributed by atoms with Gasteiger partial charge >= 0.3 is 12.1 Å². The third-order valence-corrected chi connectivity index (χ3v) is 5.86. The Bertz CT molecular complexity index is 707. The Morgan fingerprint density at radius 2 is 2.04 bits per heavy atom. The predicted molar refractivity (Wildman–Crippen MR) is 97.4 cm³/mol. The Morgan fingerprint density at radius 1 is 1.36 bits per heavy atom. The molecule has 1 heterocycles. The van der Waals surface area contributed by atoms with Gasteiger partial charge in [-0.25, -0.2) is 0 Å². The first-order valence-corrected chi connectivity index (χ1v) is 9.75. The van der Waals surface area contributed by atoms with Crippen molar-refractivity contribution in [3.63, 3.8) is 0 Å². The molecule has 2 atom stereocenters. The predicted octanol–water partition coefficient (Wildman–Crippen LogP) is 3.22. The number of rotatable bonds is 6. The molecule has 1 N–H and O–H groups in total. The molecule has 0 spiro atoms. The van der Waals surface area contributed by atoms with Gasteiger partial charge < -0.3 is 18.8 Å². The topological polar surface area (TPSA) is 79.9 Å². The average molecular weight is 423 g/mol. The molecule has 1 aromatic rings. The van der Waals surface area contributed by atoms with Crippen molar-refractivity contribution in [1.82, 2.24) is 4.72 Å². The normalized spacial score (nSPS) is 20.7. The number of alkyl halides is 3. The molecule has 1 unspecified atom stereocenters. The van der Waals surface area contributed by atoms with E-state index in [9.17, 15) is 22.5 Å². The lowest BCUT2D eigenvalue weighted by atomic mass is 9.82. The maximum absolute atomic E-state index is 12.8. The Hall–Kier alpha value is -1.65.